The van der Waals surface area contributed by atoms with E-state index in [4.69, 9.17) is 4.42 Å². The van der Waals surface area contributed by atoms with Gasteiger partial charge >= 0.3 is 0 Å². The summed E-state index contributed by atoms with van der Waals surface area (Å²) < 4.78 is 6.50. The Balaban J connectivity index is 1.63. The van der Waals surface area contributed by atoms with Crippen molar-refractivity contribution in [2.75, 3.05) is 4.90 Å². The van der Waals surface area contributed by atoms with Gasteiger partial charge in [-0.25, -0.2) is 4.68 Å². The molecule has 0 saturated heterocycles. The van der Waals surface area contributed by atoms with E-state index in [0.717, 1.165) is 17.7 Å². The standard InChI is InChI=1S/C19H17N3O3/c1-13-11-14-5-2-3-6-16(14)22(13)19(24)12-21-18(23)9-8-15(20-21)17-7-4-10-25-17/h2-10,13H,11-12H2,1H3. The van der Waals surface area contributed by atoms with Gasteiger partial charge in [0, 0.05) is 17.8 Å². The van der Waals surface area contributed by atoms with Gasteiger partial charge in [-0.1, -0.05) is 18.2 Å². The van der Waals surface area contributed by atoms with Gasteiger partial charge < -0.3 is 9.32 Å². The summed E-state index contributed by atoms with van der Waals surface area (Å²) in [5, 5.41) is 4.27. The van der Waals surface area contributed by atoms with Gasteiger partial charge in [0.05, 0.1) is 6.26 Å². The van der Waals surface area contributed by atoms with E-state index in [1.54, 1.807) is 29.4 Å². The van der Waals surface area contributed by atoms with Crippen molar-refractivity contribution in [2.24, 2.45) is 0 Å². The highest BCUT2D eigenvalue weighted by Crippen LogP contribution is 2.31. The van der Waals surface area contributed by atoms with Crippen LogP contribution in [0.15, 0.2) is 64.0 Å². The van der Waals surface area contributed by atoms with E-state index >= 15 is 0 Å². The molecule has 0 fully saturated rings. The van der Waals surface area contributed by atoms with Crippen LogP contribution in [0.3, 0.4) is 0 Å². The normalized spacial score (nSPS) is 16.0. The fraction of sp³-hybridized carbons (Fsp3) is 0.211. The highest BCUT2D eigenvalue weighted by Gasteiger charge is 2.30. The second-order valence-corrected chi connectivity index (χ2v) is 6.14. The summed E-state index contributed by atoms with van der Waals surface area (Å²) in [7, 11) is 0. The first-order chi connectivity index (χ1) is 12.1. The molecular weight excluding hydrogens is 318 g/mol. The predicted octanol–water partition coefficient (Wildman–Crippen LogP) is 2.48. The third-order valence-electron chi connectivity index (χ3n) is 4.40. The maximum Gasteiger partial charge on any atom is 0.267 e. The van der Waals surface area contributed by atoms with Crippen molar-refractivity contribution >= 4 is 11.6 Å². The van der Waals surface area contributed by atoms with Crippen LogP contribution in [0.5, 0.6) is 0 Å². The number of aromatic nitrogens is 2. The molecule has 25 heavy (non-hydrogen) atoms. The molecule has 4 rings (SSSR count). The monoisotopic (exact) mass is 335 g/mol. The van der Waals surface area contributed by atoms with E-state index in [-0.39, 0.29) is 24.1 Å². The third-order valence-corrected chi connectivity index (χ3v) is 4.40. The van der Waals surface area contributed by atoms with Crippen LogP contribution < -0.4 is 10.5 Å². The van der Waals surface area contributed by atoms with Gasteiger partial charge in [0.2, 0.25) is 5.91 Å². The second-order valence-electron chi connectivity index (χ2n) is 6.14. The van der Waals surface area contributed by atoms with Crippen molar-refractivity contribution in [3.8, 4) is 11.5 Å². The van der Waals surface area contributed by atoms with Gasteiger partial charge in [-0.05, 0) is 43.2 Å². The number of nitrogens with zero attached hydrogens (tertiary/aromatic N) is 3. The lowest BCUT2D eigenvalue weighted by Gasteiger charge is -2.22. The summed E-state index contributed by atoms with van der Waals surface area (Å²) in [6.45, 7) is 1.90. The number of hydrogen-bond donors (Lipinski definition) is 0. The second kappa shape index (κ2) is 6.05. The molecule has 126 valence electrons. The molecule has 6 nitrogen and oxygen atoms in total. The fourth-order valence-corrected chi connectivity index (χ4v) is 3.27. The van der Waals surface area contributed by atoms with E-state index in [2.05, 4.69) is 5.10 Å². The summed E-state index contributed by atoms with van der Waals surface area (Å²) in [6.07, 6.45) is 2.36. The first-order valence-corrected chi connectivity index (χ1v) is 8.15. The van der Waals surface area contributed by atoms with Crippen LogP contribution in [0, 0.1) is 0 Å². The molecule has 0 spiro atoms. The lowest BCUT2D eigenvalue weighted by Crippen LogP contribution is -2.40. The zero-order valence-electron chi connectivity index (χ0n) is 13.8. The maximum atomic E-state index is 12.8. The zero-order chi connectivity index (χ0) is 17.4. The Morgan fingerprint density at radius 1 is 1.20 bits per heavy atom. The van der Waals surface area contributed by atoms with Crippen LogP contribution in [-0.4, -0.2) is 21.7 Å². The average molecular weight is 335 g/mol. The Kier molecular flexibility index (Phi) is 3.72. The number of rotatable bonds is 3. The van der Waals surface area contributed by atoms with Crippen LogP contribution in [0.1, 0.15) is 12.5 Å². The van der Waals surface area contributed by atoms with Crippen molar-refractivity contribution in [2.45, 2.75) is 25.9 Å². The topological polar surface area (TPSA) is 68.3 Å². The molecule has 1 amide bonds. The van der Waals surface area contributed by atoms with Gasteiger partial charge in [0.1, 0.15) is 12.2 Å². The number of amides is 1. The van der Waals surface area contributed by atoms with Gasteiger partial charge in [0.25, 0.3) is 5.56 Å². The Morgan fingerprint density at radius 2 is 2.04 bits per heavy atom. The predicted molar refractivity (Wildman–Crippen MR) is 93.3 cm³/mol. The van der Waals surface area contributed by atoms with Crippen molar-refractivity contribution in [1.82, 2.24) is 9.78 Å². The summed E-state index contributed by atoms with van der Waals surface area (Å²) in [5.74, 6) is 0.407. The van der Waals surface area contributed by atoms with E-state index in [9.17, 15) is 9.59 Å². The van der Waals surface area contributed by atoms with Gasteiger partial charge in [0.15, 0.2) is 5.76 Å². The molecule has 1 aliphatic heterocycles. The molecule has 0 aliphatic carbocycles. The third kappa shape index (κ3) is 2.76. The number of carbonyl (C=O) groups is 1. The molecule has 0 saturated carbocycles. The van der Waals surface area contributed by atoms with E-state index in [0.29, 0.717) is 11.5 Å². The molecule has 1 unspecified atom stereocenters. The molecule has 0 bridgehead atoms. The number of carbonyl (C=O) groups excluding carboxylic acids is 1. The minimum Gasteiger partial charge on any atom is -0.463 e. The van der Waals surface area contributed by atoms with Gasteiger partial charge in [-0.2, -0.15) is 5.10 Å². The molecule has 6 heteroatoms. The number of fused-ring (bicyclic) bond motifs is 1. The van der Waals surface area contributed by atoms with Crippen LogP contribution in [-0.2, 0) is 17.8 Å². The fourth-order valence-electron chi connectivity index (χ4n) is 3.27. The number of para-hydroxylation sites is 1. The molecule has 1 aliphatic rings. The number of furan rings is 1. The maximum absolute atomic E-state index is 12.8. The van der Waals surface area contributed by atoms with Crippen molar-refractivity contribution < 1.29 is 9.21 Å². The minimum absolute atomic E-state index is 0.0638. The molecule has 1 atom stereocenters. The number of hydrogen-bond acceptors (Lipinski definition) is 4. The van der Waals surface area contributed by atoms with Crippen LogP contribution >= 0.6 is 0 Å². The Hall–Kier alpha value is -3.15. The number of anilines is 1. The number of benzene rings is 1. The summed E-state index contributed by atoms with van der Waals surface area (Å²) >= 11 is 0. The van der Waals surface area contributed by atoms with E-state index < -0.39 is 0 Å². The lowest BCUT2D eigenvalue weighted by atomic mass is 10.1. The van der Waals surface area contributed by atoms with E-state index in [1.807, 2.05) is 31.2 Å². The minimum atomic E-state index is -0.316. The van der Waals surface area contributed by atoms with Crippen molar-refractivity contribution in [3.63, 3.8) is 0 Å². The Morgan fingerprint density at radius 3 is 2.84 bits per heavy atom. The summed E-state index contributed by atoms with van der Waals surface area (Å²) in [4.78, 5) is 26.7. The molecule has 3 heterocycles. The van der Waals surface area contributed by atoms with Crippen molar-refractivity contribution in [1.29, 1.82) is 0 Å². The zero-order valence-corrected chi connectivity index (χ0v) is 13.8. The highest BCUT2D eigenvalue weighted by atomic mass is 16.3. The van der Waals surface area contributed by atoms with Gasteiger partial charge in [-0.15, -0.1) is 0 Å². The molecule has 0 radical (unpaired) electrons. The van der Waals surface area contributed by atoms with Crippen LogP contribution in [0.25, 0.3) is 11.5 Å². The van der Waals surface area contributed by atoms with Crippen molar-refractivity contribution in [3.05, 3.63) is 70.7 Å². The quantitative estimate of drug-likeness (QED) is 0.737. The van der Waals surface area contributed by atoms with Crippen LogP contribution in [0.4, 0.5) is 5.69 Å². The SMILES string of the molecule is CC1Cc2ccccc2N1C(=O)Cn1nc(-c2ccco2)ccc1=O. The molecule has 3 aromatic rings. The lowest BCUT2D eigenvalue weighted by molar-refractivity contribution is -0.119. The Bertz CT molecular complexity index is 976. The molecule has 0 N–H and O–H groups in total. The summed E-state index contributed by atoms with van der Waals surface area (Å²) in [5.41, 5.74) is 2.26. The first-order valence-electron chi connectivity index (χ1n) is 8.15. The average Bonchev–Trinajstić information content (AvgIpc) is 3.23. The van der Waals surface area contributed by atoms with E-state index in [1.165, 1.54) is 10.7 Å². The molecule has 1 aromatic carbocycles. The van der Waals surface area contributed by atoms with Gasteiger partial charge in [-0.3, -0.25) is 9.59 Å². The van der Waals surface area contributed by atoms with Crippen LogP contribution in [0.2, 0.25) is 0 Å². The molecular formula is C19H17N3O3. The smallest absolute Gasteiger partial charge is 0.267 e. The highest BCUT2D eigenvalue weighted by molar-refractivity contribution is 5.96. The molecule has 2 aromatic heterocycles. The Labute approximate surface area is 144 Å². The first kappa shape index (κ1) is 15.4. The largest absolute Gasteiger partial charge is 0.463 e. The summed E-state index contributed by atoms with van der Waals surface area (Å²) in [6, 6.07) is 14.4.